The molecule has 0 radical (unpaired) electrons. The summed E-state index contributed by atoms with van der Waals surface area (Å²) in [5, 5.41) is 9.45. The molecule has 4 rings (SSSR count). The summed E-state index contributed by atoms with van der Waals surface area (Å²) in [7, 11) is 0. The predicted octanol–water partition coefficient (Wildman–Crippen LogP) is 6.68. The molecular formula is C26H19F2IN2O4. The number of nitrogens with two attached hydrogens (primary N) is 1. The Hall–Kier alpha value is -3.57. The van der Waals surface area contributed by atoms with Crippen LogP contribution in [0.25, 0.3) is 11.1 Å². The molecule has 1 heterocycles. The number of ether oxygens (including phenoxy) is 2. The van der Waals surface area contributed by atoms with Crippen molar-refractivity contribution in [2.75, 3.05) is 0 Å². The van der Waals surface area contributed by atoms with E-state index < -0.39 is 29.4 Å². The Bertz CT molecular complexity index is 1430. The van der Waals surface area contributed by atoms with Crippen LogP contribution in [0, 0.1) is 22.1 Å². The van der Waals surface area contributed by atoms with E-state index >= 15 is 0 Å². The van der Waals surface area contributed by atoms with Crippen LogP contribution in [0.4, 0.5) is 8.78 Å². The van der Waals surface area contributed by atoms with Crippen molar-refractivity contribution in [2.45, 2.75) is 13.5 Å². The highest BCUT2D eigenvalue weighted by molar-refractivity contribution is 14.1. The van der Waals surface area contributed by atoms with Crippen molar-refractivity contribution in [1.82, 2.24) is 4.98 Å². The van der Waals surface area contributed by atoms with Crippen molar-refractivity contribution in [3.63, 3.8) is 0 Å². The van der Waals surface area contributed by atoms with Crippen LogP contribution in [-0.2, 0) is 6.54 Å². The molecule has 0 atom stereocenters. The van der Waals surface area contributed by atoms with Crippen LogP contribution in [0.3, 0.4) is 0 Å². The van der Waals surface area contributed by atoms with Crippen molar-refractivity contribution in [3.8, 4) is 34.4 Å². The van der Waals surface area contributed by atoms with E-state index in [1.807, 2.05) is 52.9 Å². The molecule has 3 N–H and O–H groups in total. The lowest BCUT2D eigenvalue weighted by Gasteiger charge is -2.14. The molecule has 0 spiro atoms. The van der Waals surface area contributed by atoms with Crippen molar-refractivity contribution in [3.05, 3.63) is 98.6 Å². The van der Waals surface area contributed by atoms with E-state index in [0.717, 1.165) is 16.7 Å². The van der Waals surface area contributed by atoms with E-state index in [9.17, 15) is 18.7 Å². The molecule has 0 aliphatic rings. The van der Waals surface area contributed by atoms with Gasteiger partial charge >= 0.3 is 5.97 Å². The zero-order chi connectivity index (χ0) is 25.1. The van der Waals surface area contributed by atoms with E-state index in [0.29, 0.717) is 10.1 Å². The Morgan fingerprint density at radius 2 is 1.63 bits per heavy atom. The van der Waals surface area contributed by atoms with Crippen LogP contribution >= 0.6 is 22.6 Å². The monoisotopic (exact) mass is 588 g/mol. The third kappa shape index (κ3) is 5.41. The SMILES string of the molecule is Cc1c(F)c(Oc2cccc(-c3cccc(CN)c3)c2)nc(Oc2ccc(I)cc2C(=O)O)c1F. The normalized spacial score (nSPS) is 10.8. The average molecular weight is 588 g/mol. The summed E-state index contributed by atoms with van der Waals surface area (Å²) in [6, 6.07) is 18.9. The molecule has 4 aromatic rings. The summed E-state index contributed by atoms with van der Waals surface area (Å²) in [6.45, 7) is 1.60. The number of carboxylic acid groups (broad SMARTS) is 1. The first-order valence-corrected chi connectivity index (χ1v) is 11.5. The summed E-state index contributed by atoms with van der Waals surface area (Å²) >= 11 is 1.95. The fourth-order valence-corrected chi connectivity index (χ4v) is 3.83. The minimum absolute atomic E-state index is 0.136. The molecule has 0 aliphatic heterocycles. The molecule has 35 heavy (non-hydrogen) atoms. The number of hydrogen-bond acceptors (Lipinski definition) is 5. The quantitative estimate of drug-likeness (QED) is 0.234. The molecular weight excluding hydrogens is 569 g/mol. The number of carboxylic acids is 1. The molecule has 0 fully saturated rings. The number of pyridine rings is 1. The van der Waals surface area contributed by atoms with Crippen molar-refractivity contribution < 1.29 is 28.2 Å². The van der Waals surface area contributed by atoms with Gasteiger partial charge < -0.3 is 20.3 Å². The molecule has 0 saturated carbocycles. The van der Waals surface area contributed by atoms with E-state index in [4.69, 9.17) is 15.2 Å². The largest absolute Gasteiger partial charge is 0.478 e. The van der Waals surface area contributed by atoms with Crippen molar-refractivity contribution in [1.29, 1.82) is 0 Å². The highest BCUT2D eigenvalue weighted by Gasteiger charge is 2.22. The first-order valence-electron chi connectivity index (χ1n) is 10.4. The fourth-order valence-electron chi connectivity index (χ4n) is 3.33. The number of nitrogens with zero attached hydrogens (tertiary/aromatic N) is 1. The highest BCUT2D eigenvalue weighted by atomic mass is 127. The number of aromatic carboxylic acids is 1. The van der Waals surface area contributed by atoms with Crippen molar-refractivity contribution >= 4 is 28.6 Å². The minimum Gasteiger partial charge on any atom is -0.478 e. The van der Waals surface area contributed by atoms with Crippen molar-refractivity contribution in [2.24, 2.45) is 5.73 Å². The third-order valence-corrected chi connectivity index (χ3v) is 5.83. The second kappa shape index (κ2) is 10.4. The Kier molecular flexibility index (Phi) is 7.27. The number of rotatable bonds is 7. The topological polar surface area (TPSA) is 94.7 Å². The maximum Gasteiger partial charge on any atom is 0.339 e. The van der Waals surface area contributed by atoms with Gasteiger partial charge in [-0.3, -0.25) is 0 Å². The molecule has 9 heteroatoms. The van der Waals surface area contributed by atoms with Gasteiger partial charge in [-0.2, -0.15) is 4.98 Å². The lowest BCUT2D eigenvalue weighted by Crippen LogP contribution is -2.05. The standard InChI is InChI=1S/C26H19F2IN2O4/c1-14-22(27)24(31-25(23(14)28)35-21-9-8-18(29)12-20(21)26(32)33)34-19-7-3-6-17(11-19)16-5-2-4-15(10-16)13-30/h2-12H,13,30H2,1H3,(H,32,33). The molecule has 3 aromatic carbocycles. The maximum atomic E-state index is 14.9. The molecule has 1 aromatic heterocycles. The molecule has 0 unspecified atom stereocenters. The van der Waals surface area contributed by atoms with E-state index in [2.05, 4.69) is 4.98 Å². The summed E-state index contributed by atoms with van der Waals surface area (Å²) in [6.07, 6.45) is 0. The van der Waals surface area contributed by atoms with Gasteiger partial charge in [0.15, 0.2) is 11.6 Å². The van der Waals surface area contributed by atoms with E-state index in [-0.39, 0.29) is 22.6 Å². The number of carbonyl (C=O) groups is 1. The minimum atomic E-state index is -1.26. The predicted molar refractivity (Wildman–Crippen MR) is 135 cm³/mol. The van der Waals surface area contributed by atoms with Gasteiger partial charge in [0.05, 0.1) is 0 Å². The first kappa shape index (κ1) is 24.6. The summed E-state index contributed by atoms with van der Waals surface area (Å²) in [4.78, 5) is 15.4. The van der Waals surface area contributed by atoms with Gasteiger partial charge in [-0.25, -0.2) is 13.6 Å². The fraction of sp³-hybridized carbons (Fsp3) is 0.0769. The van der Waals surface area contributed by atoms with Gasteiger partial charge in [-0.15, -0.1) is 0 Å². The Morgan fingerprint density at radius 1 is 0.971 bits per heavy atom. The van der Waals surface area contributed by atoms with Gasteiger partial charge in [0.1, 0.15) is 17.1 Å². The number of hydrogen-bond donors (Lipinski definition) is 2. The number of aromatic nitrogens is 1. The lowest BCUT2D eigenvalue weighted by atomic mass is 10.0. The summed E-state index contributed by atoms with van der Waals surface area (Å²) in [5.74, 6) is -4.29. The van der Waals surface area contributed by atoms with Crippen LogP contribution in [0.2, 0.25) is 0 Å². The maximum absolute atomic E-state index is 14.9. The zero-order valence-corrected chi connectivity index (χ0v) is 20.5. The van der Waals surface area contributed by atoms with Gasteiger partial charge in [-0.05, 0) is 82.6 Å². The Labute approximate surface area is 213 Å². The van der Waals surface area contributed by atoms with Crippen LogP contribution in [-0.4, -0.2) is 16.1 Å². The molecule has 6 nitrogen and oxygen atoms in total. The smallest absolute Gasteiger partial charge is 0.339 e. The zero-order valence-electron chi connectivity index (χ0n) is 18.4. The molecule has 0 bridgehead atoms. The van der Waals surface area contributed by atoms with E-state index in [1.54, 1.807) is 24.3 Å². The van der Waals surface area contributed by atoms with Crippen LogP contribution in [0.15, 0.2) is 66.7 Å². The number of benzene rings is 3. The number of halogens is 3. The highest BCUT2D eigenvalue weighted by Crippen LogP contribution is 2.35. The molecule has 0 saturated heterocycles. The Balaban J connectivity index is 1.69. The van der Waals surface area contributed by atoms with Gasteiger partial charge in [-0.1, -0.05) is 30.3 Å². The Morgan fingerprint density at radius 3 is 2.31 bits per heavy atom. The molecule has 0 aliphatic carbocycles. The second-order valence-corrected chi connectivity index (χ2v) is 8.80. The van der Waals surface area contributed by atoms with Gasteiger partial charge in [0, 0.05) is 15.7 Å². The van der Waals surface area contributed by atoms with Crippen LogP contribution in [0.1, 0.15) is 21.5 Å². The third-order valence-electron chi connectivity index (χ3n) is 5.16. The van der Waals surface area contributed by atoms with Gasteiger partial charge in [0.2, 0.25) is 0 Å². The lowest BCUT2D eigenvalue weighted by molar-refractivity contribution is 0.0694. The van der Waals surface area contributed by atoms with Gasteiger partial charge in [0.25, 0.3) is 11.8 Å². The average Bonchev–Trinajstić information content (AvgIpc) is 2.86. The second-order valence-electron chi connectivity index (χ2n) is 7.56. The first-order chi connectivity index (χ1) is 16.8. The summed E-state index contributed by atoms with van der Waals surface area (Å²) < 4.78 is 41.4. The summed E-state index contributed by atoms with van der Waals surface area (Å²) in [5.41, 5.74) is 7.81. The van der Waals surface area contributed by atoms with Crippen LogP contribution in [0.5, 0.6) is 23.3 Å². The van der Waals surface area contributed by atoms with E-state index in [1.165, 1.54) is 19.1 Å². The van der Waals surface area contributed by atoms with Crippen LogP contribution < -0.4 is 15.2 Å². The molecule has 0 amide bonds. The molecule has 178 valence electrons.